The van der Waals surface area contributed by atoms with Crippen LogP contribution in [0, 0.1) is 0 Å². The van der Waals surface area contributed by atoms with Gasteiger partial charge in [-0.3, -0.25) is 0 Å². The van der Waals surface area contributed by atoms with E-state index in [2.05, 4.69) is 25.6 Å². The van der Waals surface area contributed by atoms with E-state index in [0.29, 0.717) is 22.8 Å². The van der Waals surface area contributed by atoms with Crippen molar-refractivity contribution in [2.45, 2.75) is 12.6 Å². The Hall–Kier alpha value is -2.90. The average molecular weight is 333 g/mol. The summed E-state index contributed by atoms with van der Waals surface area (Å²) in [5, 5.41) is 6.70. The molecule has 2 N–H and O–H groups in total. The van der Waals surface area contributed by atoms with Crippen molar-refractivity contribution >= 4 is 28.2 Å². The molecule has 3 rings (SSSR count). The summed E-state index contributed by atoms with van der Waals surface area (Å²) in [7, 11) is 1.74. The minimum absolute atomic E-state index is 0.184. The number of hydrogen-bond acceptors (Lipinski definition) is 5. The summed E-state index contributed by atoms with van der Waals surface area (Å²) in [6.07, 6.45) is -2.23. The van der Waals surface area contributed by atoms with Crippen LogP contribution in [0.2, 0.25) is 0 Å². The predicted octanol–water partition coefficient (Wildman–Crippen LogP) is 3.91. The third-order valence-corrected chi connectivity index (χ3v) is 3.37. The van der Waals surface area contributed by atoms with E-state index in [1.165, 1.54) is 18.5 Å². The first-order chi connectivity index (χ1) is 11.4. The van der Waals surface area contributed by atoms with Gasteiger partial charge in [0.15, 0.2) is 0 Å². The van der Waals surface area contributed by atoms with Gasteiger partial charge in [0.05, 0.1) is 18.1 Å². The first-order valence-corrected chi connectivity index (χ1v) is 7.16. The van der Waals surface area contributed by atoms with Gasteiger partial charge >= 0.3 is 6.18 Å². The number of benzene rings is 1. The van der Waals surface area contributed by atoms with Gasteiger partial charge in [0.25, 0.3) is 0 Å². The Kier molecular flexibility index (Phi) is 4.20. The lowest BCUT2D eigenvalue weighted by Crippen LogP contribution is -2.11. The maximum absolute atomic E-state index is 12.5. The molecule has 5 nitrogen and oxygen atoms in total. The van der Waals surface area contributed by atoms with E-state index < -0.39 is 12.6 Å². The first kappa shape index (κ1) is 16.0. The summed E-state index contributed by atoms with van der Waals surface area (Å²) in [5.74, 6) is 1.15. The van der Waals surface area contributed by atoms with Gasteiger partial charge in [0, 0.05) is 18.1 Å². The van der Waals surface area contributed by atoms with E-state index in [1.807, 2.05) is 0 Å². The number of rotatable bonds is 4. The minimum Gasteiger partial charge on any atom is -0.373 e. The molecule has 0 saturated heterocycles. The van der Waals surface area contributed by atoms with Gasteiger partial charge in [-0.15, -0.1) is 0 Å². The minimum atomic E-state index is -4.24. The predicted molar refractivity (Wildman–Crippen MR) is 86.4 cm³/mol. The number of hydrogen-bond donors (Lipinski definition) is 2. The number of fused-ring (bicyclic) bond motifs is 1. The van der Waals surface area contributed by atoms with E-state index in [0.717, 1.165) is 5.39 Å². The highest BCUT2D eigenvalue weighted by atomic mass is 19.4. The number of aromatic nitrogens is 3. The van der Waals surface area contributed by atoms with E-state index in [1.54, 1.807) is 31.4 Å². The molecule has 0 bridgehead atoms. The first-order valence-electron chi connectivity index (χ1n) is 7.16. The standard InChI is InChI=1S/C16H14F3N5/c1-20-14-6-12-13(8-21-14)22-9-23-15(12)24-11-4-2-3-10(5-11)7-16(17,18)19/h2-6,8-9H,7H2,1H3,(H,20,21)(H,22,23,24). The van der Waals surface area contributed by atoms with Crippen molar-refractivity contribution in [1.82, 2.24) is 15.0 Å². The average Bonchev–Trinajstić information content (AvgIpc) is 2.53. The molecule has 0 saturated carbocycles. The SMILES string of the molecule is CNc1cc2c(Nc3cccc(CC(F)(F)F)c3)ncnc2cn1. The normalized spacial score (nSPS) is 11.5. The number of halogens is 3. The van der Waals surface area contributed by atoms with Crippen LogP contribution in [-0.4, -0.2) is 28.2 Å². The quantitative estimate of drug-likeness (QED) is 0.758. The lowest BCUT2D eigenvalue weighted by atomic mass is 10.1. The van der Waals surface area contributed by atoms with Crippen LogP contribution in [0.4, 0.5) is 30.5 Å². The molecule has 124 valence electrons. The number of anilines is 3. The molecule has 0 radical (unpaired) electrons. The van der Waals surface area contributed by atoms with Crippen molar-refractivity contribution < 1.29 is 13.2 Å². The molecular weight excluding hydrogens is 319 g/mol. The van der Waals surface area contributed by atoms with Gasteiger partial charge in [-0.05, 0) is 23.8 Å². The fourth-order valence-electron chi connectivity index (χ4n) is 2.32. The van der Waals surface area contributed by atoms with Gasteiger partial charge in [-0.1, -0.05) is 12.1 Å². The van der Waals surface area contributed by atoms with Crippen molar-refractivity contribution in [3.63, 3.8) is 0 Å². The summed E-state index contributed by atoms with van der Waals surface area (Å²) in [5.41, 5.74) is 1.35. The van der Waals surface area contributed by atoms with Crippen LogP contribution in [-0.2, 0) is 6.42 Å². The molecule has 0 atom stereocenters. The third-order valence-electron chi connectivity index (χ3n) is 3.37. The van der Waals surface area contributed by atoms with Gasteiger partial charge < -0.3 is 10.6 Å². The third kappa shape index (κ3) is 3.70. The monoisotopic (exact) mass is 333 g/mol. The van der Waals surface area contributed by atoms with Crippen LogP contribution in [0.1, 0.15) is 5.56 Å². The van der Waals surface area contributed by atoms with Crippen LogP contribution >= 0.6 is 0 Å². The zero-order valence-corrected chi connectivity index (χ0v) is 12.7. The van der Waals surface area contributed by atoms with E-state index in [9.17, 15) is 13.2 Å². The highest BCUT2D eigenvalue weighted by molar-refractivity contribution is 5.91. The molecule has 8 heteroatoms. The van der Waals surface area contributed by atoms with Crippen molar-refractivity contribution in [2.24, 2.45) is 0 Å². The van der Waals surface area contributed by atoms with Gasteiger partial charge in [-0.25, -0.2) is 15.0 Å². The molecule has 0 spiro atoms. The lowest BCUT2D eigenvalue weighted by molar-refractivity contribution is -0.127. The van der Waals surface area contributed by atoms with E-state index in [-0.39, 0.29) is 5.56 Å². The van der Waals surface area contributed by atoms with Gasteiger partial charge in [0.2, 0.25) is 0 Å². The zero-order valence-electron chi connectivity index (χ0n) is 12.7. The molecule has 0 unspecified atom stereocenters. The highest BCUT2D eigenvalue weighted by Gasteiger charge is 2.27. The highest BCUT2D eigenvalue weighted by Crippen LogP contribution is 2.26. The van der Waals surface area contributed by atoms with Crippen molar-refractivity contribution in [2.75, 3.05) is 17.7 Å². The summed E-state index contributed by atoms with van der Waals surface area (Å²) >= 11 is 0. The Bertz CT molecular complexity index is 864. The fraction of sp³-hybridized carbons (Fsp3) is 0.188. The second-order valence-electron chi connectivity index (χ2n) is 5.18. The van der Waals surface area contributed by atoms with E-state index in [4.69, 9.17) is 0 Å². The Balaban J connectivity index is 1.94. The Morgan fingerprint density at radius 2 is 1.92 bits per heavy atom. The Morgan fingerprint density at radius 3 is 2.67 bits per heavy atom. The molecule has 0 amide bonds. The number of pyridine rings is 1. The van der Waals surface area contributed by atoms with E-state index >= 15 is 0 Å². The molecule has 3 aromatic rings. The van der Waals surface area contributed by atoms with Crippen molar-refractivity contribution in [3.05, 3.63) is 48.4 Å². The summed E-state index contributed by atoms with van der Waals surface area (Å²) < 4.78 is 37.6. The Morgan fingerprint density at radius 1 is 1.08 bits per heavy atom. The van der Waals surface area contributed by atoms with Crippen LogP contribution in [0.3, 0.4) is 0 Å². The molecule has 1 aromatic carbocycles. The molecule has 0 aliphatic rings. The molecule has 2 aromatic heterocycles. The molecule has 24 heavy (non-hydrogen) atoms. The lowest BCUT2D eigenvalue weighted by Gasteiger charge is -2.11. The van der Waals surface area contributed by atoms with Gasteiger partial charge in [0.1, 0.15) is 18.0 Å². The van der Waals surface area contributed by atoms with Crippen molar-refractivity contribution in [1.29, 1.82) is 0 Å². The molecule has 0 fully saturated rings. The van der Waals surface area contributed by atoms with Crippen LogP contribution in [0.25, 0.3) is 10.9 Å². The number of nitrogens with one attached hydrogen (secondary N) is 2. The second-order valence-corrected chi connectivity index (χ2v) is 5.18. The zero-order chi connectivity index (χ0) is 17.2. The summed E-state index contributed by atoms with van der Waals surface area (Å²) in [6, 6.07) is 7.94. The van der Waals surface area contributed by atoms with Gasteiger partial charge in [-0.2, -0.15) is 13.2 Å². The molecular formula is C16H14F3N5. The largest absolute Gasteiger partial charge is 0.393 e. The topological polar surface area (TPSA) is 62.7 Å². The molecule has 0 aliphatic carbocycles. The second kappa shape index (κ2) is 6.31. The van der Waals surface area contributed by atoms with Crippen molar-refractivity contribution in [3.8, 4) is 0 Å². The maximum atomic E-state index is 12.5. The maximum Gasteiger partial charge on any atom is 0.393 e. The van der Waals surface area contributed by atoms with Crippen LogP contribution in [0.5, 0.6) is 0 Å². The summed E-state index contributed by atoms with van der Waals surface area (Å²) in [6.45, 7) is 0. The fourth-order valence-corrected chi connectivity index (χ4v) is 2.32. The smallest absolute Gasteiger partial charge is 0.373 e. The number of nitrogens with zero attached hydrogens (tertiary/aromatic N) is 3. The van der Waals surface area contributed by atoms with Crippen LogP contribution in [0.15, 0.2) is 42.9 Å². The molecule has 2 heterocycles. The Labute approximate surface area is 136 Å². The van der Waals surface area contributed by atoms with Crippen LogP contribution < -0.4 is 10.6 Å². The summed E-state index contributed by atoms with van der Waals surface area (Å²) in [4.78, 5) is 12.5. The number of alkyl halides is 3. The molecule has 0 aliphatic heterocycles.